The molecule has 0 fully saturated rings. The topological polar surface area (TPSA) is 75.6 Å². The minimum atomic E-state index is -0.229. The molecule has 0 spiro atoms. The van der Waals surface area contributed by atoms with Crippen LogP contribution in [-0.4, -0.2) is 26.3 Å². The summed E-state index contributed by atoms with van der Waals surface area (Å²) in [6.45, 7) is 6.89. The van der Waals surface area contributed by atoms with Crippen LogP contribution in [0.3, 0.4) is 0 Å². The van der Waals surface area contributed by atoms with Crippen molar-refractivity contribution in [3.05, 3.63) is 51.9 Å². The normalized spacial score (nSPS) is 16.7. The Bertz CT molecular complexity index is 963. The van der Waals surface area contributed by atoms with Crippen molar-refractivity contribution in [2.45, 2.75) is 38.6 Å². The highest BCUT2D eigenvalue weighted by atomic mass is 16.1. The lowest BCUT2D eigenvalue weighted by Crippen LogP contribution is -2.26. The van der Waals surface area contributed by atoms with Crippen LogP contribution >= 0.6 is 0 Å². The molecule has 3 aromatic rings. The molecule has 0 aliphatic heterocycles. The zero-order valence-corrected chi connectivity index (χ0v) is 14.1. The van der Waals surface area contributed by atoms with Crippen molar-refractivity contribution in [3.8, 4) is 0 Å². The summed E-state index contributed by atoms with van der Waals surface area (Å²) < 4.78 is 1.79. The van der Waals surface area contributed by atoms with E-state index in [2.05, 4.69) is 44.6 Å². The lowest BCUT2D eigenvalue weighted by Gasteiger charge is -2.30. The number of nitrogens with one attached hydrogen (secondary N) is 2. The van der Waals surface area contributed by atoms with Crippen LogP contribution in [-0.2, 0) is 12.0 Å². The van der Waals surface area contributed by atoms with Crippen LogP contribution in [0.4, 0.5) is 5.95 Å². The van der Waals surface area contributed by atoms with Crippen molar-refractivity contribution in [2.24, 2.45) is 0 Å². The summed E-state index contributed by atoms with van der Waals surface area (Å²) in [4.78, 5) is 19.7. The number of hydrogen-bond donors (Lipinski definition) is 2. The fourth-order valence-corrected chi connectivity index (χ4v) is 3.26. The zero-order chi connectivity index (χ0) is 16.9. The molecule has 0 radical (unpaired) electrons. The second-order valence-corrected chi connectivity index (χ2v) is 7.36. The molecule has 0 amide bonds. The van der Waals surface area contributed by atoms with E-state index < -0.39 is 0 Å². The van der Waals surface area contributed by atoms with Gasteiger partial charge in [0.25, 0.3) is 5.56 Å². The molecule has 1 aliphatic rings. The predicted octanol–water partition coefficient (Wildman–Crippen LogP) is 2.63. The molecule has 6 heteroatoms. The Morgan fingerprint density at radius 2 is 2.12 bits per heavy atom. The van der Waals surface area contributed by atoms with Gasteiger partial charge in [-0.15, -0.1) is 0 Å². The van der Waals surface area contributed by atoms with Gasteiger partial charge in [0.15, 0.2) is 5.65 Å². The first-order valence-electron chi connectivity index (χ1n) is 8.24. The molecule has 24 heavy (non-hydrogen) atoms. The van der Waals surface area contributed by atoms with Crippen LogP contribution in [0.1, 0.15) is 37.8 Å². The van der Waals surface area contributed by atoms with Crippen LogP contribution in [0.25, 0.3) is 11.0 Å². The number of hydrogen-bond acceptors (Lipinski definition) is 4. The summed E-state index contributed by atoms with van der Waals surface area (Å²) in [5.74, 6) is 0.970. The van der Waals surface area contributed by atoms with Crippen LogP contribution in [0.15, 0.2) is 35.3 Å². The number of H-pyrrole nitrogens is 1. The number of fused-ring (bicyclic) bond motifs is 2. The monoisotopic (exact) mass is 323 g/mol. The van der Waals surface area contributed by atoms with E-state index in [1.54, 1.807) is 10.9 Å². The third-order valence-electron chi connectivity index (χ3n) is 4.55. The third kappa shape index (κ3) is 2.38. The number of rotatable bonds is 3. The molecule has 2 heterocycles. The summed E-state index contributed by atoms with van der Waals surface area (Å²) >= 11 is 0. The number of aromatic nitrogens is 4. The molecular formula is C18H21N5O. The molecule has 4 rings (SSSR count). The molecule has 1 atom stereocenters. The van der Waals surface area contributed by atoms with Crippen molar-refractivity contribution in [1.29, 1.82) is 0 Å². The Morgan fingerprint density at radius 1 is 1.33 bits per heavy atom. The lowest BCUT2D eigenvalue weighted by molar-refractivity contribution is 0.366. The third-order valence-corrected chi connectivity index (χ3v) is 4.55. The van der Waals surface area contributed by atoms with Gasteiger partial charge < -0.3 is 5.32 Å². The van der Waals surface area contributed by atoms with Crippen LogP contribution in [0, 0.1) is 0 Å². The first-order chi connectivity index (χ1) is 11.4. The number of anilines is 1. The Labute approximate surface area is 139 Å². The molecule has 2 N–H and O–H groups in total. The van der Waals surface area contributed by atoms with E-state index in [1.165, 1.54) is 11.1 Å². The van der Waals surface area contributed by atoms with Gasteiger partial charge in [0.2, 0.25) is 5.95 Å². The minimum absolute atomic E-state index is 0.160. The van der Waals surface area contributed by atoms with Crippen molar-refractivity contribution >= 4 is 17.0 Å². The van der Waals surface area contributed by atoms with Crippen LogP contribution in [0.2, 0.25) is 0 Å². The number of aromatic amines is 1. The second kappa shape index (κ2) is 5.19. The van der Waals surface area contributed by atoms with Gasteiger partial charge in [-0.2, -0.15) is 10.1 Å². The highest BCUT2D eigenvalue weighted by Gasteiger charge is 2.25. The quantitative estimate of drug-likeness (QED) is 0.777. The summed E-state index contributed by atoms with van der Waals surface area (Å²) in [5, 5.41) is 8.13. The summed E-state index contributed by atoms with van der Waals surface area (Å²) in [7, 11) is 0. The predicted molar refractivity (Wildman–Crippen MR) is 94.5 cm³/mol. The molecule has 0 bridgehead atoms. The van der Waals surface area contributed by atoms with E-state index in [9.17, 15) is 4.79 Å². The molecule has 124 valence electrons. The smallest absolute Gasteiger partial charge is 0.263 e. The van der Waals surface area contributed by atoms with Crippen LogP contribution in [0.5, 0.6) is 0 Å². The fraction of sp³-hybridized carbons (Fsp3) is 0.389. The maximum Gasteiger partial charge on any atom is 0.263 e. The van der Waals surface area contributed by atoms with Gasteiger partial charge in [-0.05, 0) is 38.3 Å². The molecule has 1 aliphatic carbocycles. The van der Waals surface area contributed by atoms with Crippen LogP contribution < -0.4 is 10.9 Å². The molecule has 6 nitrogen and oxygen atoms in total. The average Bonchev–Trinajstić information content (AvgIpc) is 2.93. The van der Waals surface area contributed by atoms with E-state index in [0.717, 1.165) is 13.0 Å². The average molecular weight is 323 g/mol. The van der Waals surface area contributed by atoms with E-state index in [-0.39, 0.29) is 11.1 Å². The number of benzene rings is 1. The van der Waals surface area contributed by atoms with Gasteiger partial charge >= 0.3 is 0 Å². The molecule has 1 unspecified atom stereocenters. The van der Waals surface area contributed by atoms with Crippen molar-refractivity contribution in [2.75, 3.05) is 11.9 Å². The highest BCUT2D eigenvalue weighted by molar-refractivity contribution is 5.74. The first kappa shape index (κ1) is 14.9. The van der Waals surface area contributed by atoms with Gasteiger partial charge in [-0.25, -0.2) is 4.68 Å². The highest BCUT2D eigenvalue weighted by Crippen LogP contribution is 2.34. The summed E-state index contributed by atoms with van der Waals surface area (Å²) in [6.07, 6.45) is 2.65. The fourth-order valence-electron chi connectivity index (χ4n) is 3.26. The van der Waals surface area contributed by atoms with Crippen molar-refractivity contribution in [1.82, 2.24) is 19.7 Å². The van der Waals surface area contributed by atoms with E-state index in [0.29, 0.717) is 22.9 Å². The maximum absolute atomic E-state index is 12.3. The van der Waals surface area contributed by atoms with E-state index >= 15 is 0 Å². The van der Waals surface area contributed by atoms with Gasteiger partial charge in [-0.1, -0.05) is 24.3 Å². The second-order valence-electron chi connectivity index (χ2n) is 7.36. The van der Waals surface area contributed by atoms with Gasteiger partial charge in [0.05, 0.1) is 11.7 Å². The van der Waals surface area contributed by atoms with Gasteiger partial charge in [0.1, 0.15) is 5.39 Å². The zero-order valence-electron chi connectivity index (χ0n) is 14.1. The standard InChI is InChI=1S/C18H21N5O/c1-18(2,3)23-15-14(10-20-23)16(24)22-17(21-15)19-9-12-8-11-6-4-5-7-13(11)12/h4-7,10,12H,8-9H2,1-3H3,(H2,19,21,22,24). The molecule has 1 aromatic carbocycles. The first-order valence-corrected chi connectivity index (χ1v) is 8.24. The van der Waals surface area contributed by atoms with Gasteiger partial charge in [0, 0.05) is 12.5 Å². The van der Waals surface area contributed by atoms with Crippen molar-refractivity contribution < 1.29 is 0 Å². The van der Waals surface area contributed by atoms with Gasteiger partial charge in [-0.3, -0.25) is 9.78 Å². The Balaban J connectivity index is 1.60. The lowest BCUT2D eigenvalue weighted by atomic mass is 9.78. The minimum Gasteiger partial charge on any atom is -0.355 e. The maximum atomic E-state index is 12.3. The summed E-state index contributed by atoms with van der Waals surface area (Å²) in [6, 6.07) is 8.47. The molecule has 2 aromatic heterocycles. The Kier molecular flexibility index (Phi) is 3.23. The SMILES string of the molecule is CC(C)(C)n1ncc2c(=O)[nH]c(NCC3Cc4ccccc43)nc21. The number of nitrogens with zero attached hydrogens (tertiary/aromatic N) is 3. The molecule has 0 saturated carbocycles. The largest absolute Gasteiger partial charge is 0.355 e. The van der Waals surface area contributed by atoms with E-state index in [4.69, 9.17) is 0 Å². The Hall–Kier alpha value is -2.63. The van der Waals surface area contributed by atoms with E-state index in [1.807, 2.05) is 20.8 Å². The Morgan fingerprint density at radius 3 is 2.88 bits per heavy atom. The van der Waals surface area contributed by atoms with Crippen molar-refractivity contribution in [3.63, 3.8) is 0 Å². The molecular weight excluding hydrogens is 302 g/mol. The summed E-state index contributed by atoms with van der Waals surface area (Å²) in [5.41, 5.74) is 3.02. The molecule has 0 saturated heterocycles.